The van der Waals surface area contributed by atoms with Crippen molar-refractivity contribution in [2.24, 2.45) is 10.8 Å². The highest BCUT2D eigenvalue weighted by molar-refractivity contribution is 6.07. The Morgan fingerprint density at radius 3 is 2.62 bits per heavy atom. The number of nitrogens with zero attached hydrogens (tertiary/aromatic N) is 3. The Labute approximate surface area is 140 Å². The fourth-order valence-corrected chi connectivity index (χ4v) is 5.10. The van der Waals surface area contributed by atoms with Gasteiger partial charge in [0.25, 0.3) is 0 Å². The highest BCUT2D eigenvalue weighted by Gasteiger charge is 2.78. The molecule has 0 bridgehead atoms. The van der Waals surface area contributed by atoms with E-state index >= 15 is 0 Å². The minimum absolute atomic E-state index is 0.0288. The maximum Gasteiger partial charge on any atom is 0.319 e. The molecule has 3 atom stereocenters. The van der Waals surface area contributed by atoms with Crippen molar-refractivity contribution >= 4 is 5.78 Å². The molecule has 6 heteroatoms. The quantitative estimate of drug-likeness (QED) is 0.828. The fraction of sp³-hybridized carbons (Fsp3) is 0.556. The van der Waals surface area contributed by atoms with Crippen LogP contribution in [0.2, 0.25) is 0 Å². The van der Waals surface area contributed by atoms with Crippen molar-refractivity contribution in [1.29, 1.82) is 5.26 Å². The van der Waals surface area contributed by atoms with E-state index < -0.39 is 10.8 Å². The second-order valence-electron chi connectivity index (χ2n) is 7.34. The van der Waals surface area contributed by atoms with Gasteiger partial charge in [-0.3, -0.25) is 4.79 Å². The summed E-state index contributed by atoms with van der Waals surface area (Å²) in [6.07, 6.45) is 4.22. The Balaban J connectivity index is 2.02. The number of ether oxygens (including phenoxy) is 2. The molecule has 0 amide bonds. The van der Waals surface area contributed by atoms with Gasteiger partial charge >= 0.3 is 6.01 Å². The molecule has 0 aliphatic heterocycles. The summed E-state index contributed by atoms with van der Waals surface area (Å²) in [5.74, 6) is 0.484. The van der Waals surface area contributed by atoms with E-state index in [1.807, 2.05) is 13.0 Å². The lowest BCUT2D eigenvalue weighted by atomic mass is 9.57. The van der Waals surface area contributed by atoms with Crippen LogP contribution in [0.15, 0.2) is 11.6 Å². The van der Waals surface area contributed by atoms with E-state index in [4.69, 9.17) is 9.47 Å². The van der Waals surface area contributed by atoms with Crippen molar-refractivity contribution in [3.8, 4) is 18.0 Å². The van der Waals surface area contributed by atoms with Gasteiger partial charge in [-0.15, -0.1) is 0 Å². The lowest BCUT2D eigenvalue weighted by Crippen LogP contribution is -2.46. The molecule has 0 aromatic carbocycles. The van der Waals surface area contributed by atoms with Gasteiger partial charge in [-0.05, 0) is 31.6 Å². The van der Waals surface area contributed by atoms with Crippen LogP contribution in [0.3, 0.4) is 0 Å². The van der Waals surface area contributed by atoms with Crippen LogP contribution in [0.25, 0.3) is 0 Å². The summed E-state index contributed by atoms with van der Waals surface area (Å²) in [6.45, 7) is 4.06. The van der Waals surface area contributed by atoms with Gasteiger partial charge < -0.3 is 9.47 Å². The zero-order valence-electron chi connectivity index (χ0n) is 14.3. The summed E-state index contributed by atoms with van der Waals surface area (Å²) in [5.41, 5.74) is 0.833. The molecular weight excluding hydrogens is 306 g/mol. The van der Waals surface area contributed by atoms with Crippen molar-refractivity contribution in [3.05, 3.63) is 22.9 Å². The number of methoxy groups -OCH3 is 2. The molecule has 1 fully saturated rings. The minimum atomic E-state index is -0.502. The number of nitriles is 1. The van der Waals surface area contributed by atoms with Crippen LogP contribution in [-0.2, 0) is 16.6 Å². The average Bonchev–Trinajstić information content (AvgIpc) is 3.23. The third kappa shape index (κ3) is 1.44. The zero-order valence-corrected chi connectivity index (χ0v) is 14.3. The molecule has 0 saturated heterocycles. The Hall–Kier alpha value is -2.42. The van der Waals surface area contributed by atoms with Gasteiger partial charge in [0, 0.05) is 16.4 Å². The molecule has 0 radical (unpaired) electrons. The van der Waals surface area contributed by atoms with Crippen molar-refractivity contribution in [3.63, 3.8) is 0 Å². The summed E-state index contributed by atoms with van der Waals surface area (Å²) < 4.78 is 10.7. The van der Waals surface area contributed by atoms with Gasteiger partial charge in [-0.25, -0.2) is 0 Å². The van der Waals surface area contributed by atoms with Gasteiger partial charge in [-0.2, -0.15) is 15.2 Å². The zero-order chi connectivity index (χ0) is 17.3. The van der Waals surface area contributed by atoms with Crippen molar-refractivity contribution in [2.75, 3.05) is 14.2 Å². The Morgan fingerprint density at radius 1 is 1.25 bits per heavy atom. The smallest absolute Gasteiger partial charge is 0.319 e. The van der Waals surface area contributed by atoms with Gasteiger partial charge in [0.15, 0.2) is 5.78 Å². The molecule has 1 heterocycles. The fourth-order valence-electron chi connectivity index (χ4n) is 5.10. The van der Waals surface area contributed by atoms with Gasteiger partial charge in [0.2, 0.25) is 5.88 Å². The largest absolute Gasteiger partial charge is 0.481 e. The first kappa shape index (κ1) is 15.1. The monoisotopic (exact) mass is 325 g/mol. The van der Waals surface area contributed by atoms with Crippen LogP contribution < -0.4 is 9.47 Å². The normalized spacial score (nSPS) is 35.8. The van der Waals surface area contributed by atoms with Gasteiger partial charge in [0.05, 0.1) is 25.5 Å². The van der Waals surface area contributed by atoms with Crippen LogP contribution in [0, 0.1) is 22.2 Å². The number of carbonyl (C=O) groups is 1. The van der Waals surface area contributed by atoms with Crippen molar-refractivity contribution in [2.45, 2.75) is 38.5 Å². The van der Waals surface area contributed by atoms with E-state index in [1.165, 1.54) is 7.11 Å². The third-order valence-corrected chi connectivity index (χ3v) is 6.50. The summed E-state index contributed by atoms with van der Waals surface area (Å²) in [4.78, 5) is 21.6. The topological polar surface area (TPSA) is 85.1 Å². The molecule has 3 aliphatic carbocycles. The minimum Gasteiger partial charge on any atom is -0.481 e. The molecule has 1 aromatic rings. The molecule has 6 nitrogen and oxygen atoms in total. The molecule has 1 aromatic heterocycles. The van der Waals surface area contributed by atoms with E-state index in [1.54, 1.807) is 7.11 Å². The molecular formula is C18H19N3O3. The van der Waals surface area contributed by atoms with Crippen LogP contribution >= 0.6 is 0 Å². The predicted octanol–water partition coefficient (Wildman–Crippen LogP) is 2.13. The number of carbonyl (C=O) groups excluding carboxylic acids is 1. The van der Waals surface area contributed by atoms with Gasteiger partial charge in [0.1, 0.15) is 6.07 Å². The van der Waals surface area contributed by atoms with Crippen molar-refractivity contribution < 1.29 is 14.3 Å². The lowest BCUT2D eigenvalue weighted by molar-refractivity contribution is -0.122. The number of hydrogen-bond acceptors (Lipinski definition) is 6. The van der Waals surface area contributed by atoms with Crippen LogP contribution in [0.4, 0.5) is 0 Å². The maximum atomic E-state index is 12.7. The summed E-state index contributed by atoms with van der Waals surface area (Å²) in [7, 11) is 3.10. The summed E-state index contributed by atoms with van der Waals surface area (Å²) in [6, 6.07) is 2.33. The lowest BCUT2D eigenvalue weighted by Gasteiger charge is -2.45. The van der Waals surface area contributed by atoms with Crippen LogP contribution in [0.1, 0.15) is 37.9 Å². The molecule has 124 valence electrons. The Morgan fingerprint density at radius 2 is 2.00 bits per heavy atom. The number of allylic oxidation sites excluding steroid dienone is 2. The molecule has 0 unspecified atom stereocenters. The molecule has 1 saturated carbocycles. The van der Waals surface area contributed by atoms with E-state index in [0.29, 0.717) is 5.88 Å². The highest BCUT2D eigenvalue weighted by atomic mass is 16.5. The summed E-state index contributed by atoms with van der Waals surface area (Å²) >= 11 is 0. The van der Waals surface area contributed by atoms with E-state index in [9.17, 15) is 10.1 Å². The van der Waals surface area contributed by atoms with Crippen molar-refractivity contribution in [1.82, 2.24) is 9.97 Å². The first-order valence-corrected chi connectivity index (χ1v) is 8.04. The van der Waals surface area contributed by atoms with Crippen LogP contribution in [0.5, 0.6) is 11.9 Å². The molecule has 3 aliphatic rings. The predicted molar refractivity (Wildman–Crippen MR) is 84.7 cm³/mol. The van der Waals surface area contributed by atoms with Crippen LogP contribution in [-0.4, -0.2) is 30.0 Å². The average molecular weight is 325 g/mol. The Kier molecular flexibility index (Phi) is 2.74. The second kappa shape index (κ2) is 4.35. The number of Topliss-reactive ketones (excluding diaryl/α,β-unsaturated/α-hetero) is 1. The molecule has 0 N–H and O–H groups in total. The molecule has 4 rings (SSSR count). The van der Waals surface area contributed by atoms with E-state index in [-0.39, 0.29) is 22.8 Å². The molecule has 1 spiro atoms. The number of ketones is 1. The molecule has 24 heavy (non-hydrogen) atoms. The first-order valence-electron chi connectivity index (χ1n) is 8.04. The van der Waals surface area contributed by atoms with E-state index in [0.717, 1.165) is 30.5 Å². The van der Waals surface area contributed by atoms with Gasteiger partial charge in [-0.1, -0.05) is 13.0 Å². The second-order valence-corrected chi connectivity index (χ2v) is 7.34. The third-order valence-electron chi connectivity index (χ3n) is 6.50. The number of rotatable bonds is 2. The standard InChI is InChI=1S/C18H19N3O3/c1-16-7-10(8-19)13(22)17(2)9-18(16,17)6-5-11-12(16)20-15(24-4)21-14(11)23-3/h7H,5-6,9H2,1-4H3/t16-,17+,18+/m1/s1. The highest BCUT2D eigenvalue weighted by Crippen LogP contribution is 2.78. The Bertz CT molecular complexity index is 856. The van der Waals surface area contributed by atoms with E-state index in [2.05, 4.69) is 23.0 Å². The number of hydrogen-bond donors (Lipinski definition) is 0. The summed E-state index contributed by atoms with van der Waals surface area (Å²) in [5, 5.41) is 9.44. The number of fused-ring (bicyclic) bond motifs is 2. The SMILES string of the molecule is COc1nc(OC)c2c(n1)[C@@]1(C)C=C(C#N)C(=O)[C@]3(C)C[C@]31CC2. The first-order chi connectivity index (χ1) is 11.4. The number of aromatic nitrogens is 2. The maximum absolute atomic E-state index is 12.7.